The molecule has 2 aromatic rings. The van der Waals surface area contributed by atoms with Gasteiger partial charge < -0.3 is 14.4 Å². The molecule has 1 saturated heterocycles. The van der Waals surface area contributed by atoms with Crippen LogP contribution in [0.1, 0.15) is 12.5 Å². The van der Waals surface area contributed by atoms with Crippen LogP contribution in [0.15, 0.2) is 59.5 Å². The molecule has 3 rings (SSSR count). The lowest BCUT2D eigenvalue weighted by atomic mass is 10.2. The van der Waals surface area contributed by atoms with Crippen molar-refractivity contribution in [1.29, 1.82) is 0 Å². The summed E-state index contributed by atoms with van der Waals surface area (Å²) < 4.78 is 37.8. The average molecular weight is 431 g/mol. The highest BCUT2D eigenvalue weighted by molar-refractivity contribution is 7.89. The molecule has 0 aliphatic carbocycles. The summed E-state index contributed by atoms with van der Waals surface area (Å²) in [6.07, 6.45) is 3.87. The first-order valence-electron chi connectivity index (χ1n) is 9.72. The Morgan fingerprint density at radius 2 is 1.73 bits per heavy atom. The summed E-state index contributed by atoms with van der Waals surface area (Å²) >= 11 is 0. The van der Waals surface area contributed by atoms with E-state index < -0.39 is 10.0 Å². The second kappa shape index (κ2) is 9.77. The van der Waals surface area contributed by atoms with Gasteiger partial charge in [0.1, 0.15) is 0 Å². The van der Waals surface area contributed by atoms with Crippen molar-refractivity contribution in [3.05, 3.63) is 60.2 Å². The van der Waals surface area contributed by atoms with Gasteiger partial charge in [-0.1, -0.05) is 36.4 Å². The number of carbonyl (C=O) groups excluding carboxylic acids is 1. The summed E-state index contributed by atoms with van der Waals surface area (Å²) in [6.45, 7) is 2.96. The molecule has 0 N–H and O–H groups in total. The summed E-state index contributed by atoms with van der Waals surface area (Å²) in [6, 6.07) is 13.8. The molecule has 0 saturated carbocycles. The fraction of sp³-hybridized carbons (Fsp3) is 0.318. The van der Waals surface area contributed by atoms with Crippen LogP contribution in [0.25, 0.3) is 6.08 Å². The third kappa shape index (κ3) is 5.01. The summed E-state index contributed by atoms with van der Waals surface area (Å²) in [5.41, 5.74) is 0.976. The van der Waals surface area contributed by atoms with Crippen molar-refractivity contribution in [2.75, 3.05) is 39.9 Å². The Labute approximate surface area is 177 Å². The van der Waals surface area contributed by atoms with Crippen LogP contribution in [0.5, 0.6) is 11.5 Å². The fourth-order valence-electron chi connectivity index (χ4n) is 3.25. The van der Waals surface area contributed by atoms with Gasteiger partial charge in [0.2, 0.25) is 10.0 Å². The predicted octanol–water partition coefficient (Wildman–Crippen LogP) is 2.64. The minimum absolute atomic E-state index is 0.134. The number of amides is 1. The van der Waals surface area contributed by atoms with Crippen molar-refractivity contribution < 1.29 is 22.7 Å². The van der Waals surface area contributed by atoms with Crippen molar-refractivity contribution in [3.63, 3.8) is 0 Å². The maximum atomic E-state index is 12.7. The van der Waals surface area contributed by atoms with E-state index in [1.807, 2.05) is 31.2 Å². The zero-order valence-corrected chi connectivity index (χ0v) is 18.0. The van der Waals surface area contributed by atoms with Crippen molar-refractivity contribution in [2.24, 2.45) is 0 Å². The van der Waals surface area contributed by atoms with E-state index in [1.165, 1.54) is 4.31 Å². The summed E-state index contributed by atoms with van der Waals surface area (Å²) in [4.78, 5) is 14.4. The lowest BCUT2D eigenvalue weighted by Crippen LogP contribution is -2.51. The summed E-state index contributed by atoms with van der Waals surface area (Å²) in [5, 5.41) is 0. The van der Waals surface area contributed by atoms with E-state index in [2.05, 4.69) is 0 Å². The number of sulfonamides is 1. The number of benzene rings is 2. The molecule has 0 atom stereocenters. The molecule has 1 aliphatic heterocycles. The Kier molecular flexibility index (Phi) is 7.12. The standard InChI is InChI=1S/C22H26N2O5S/c1-3-7-18-10-11-20(21(16-18)28-2)29-17-22(25)23-12-14-24(15-13-23)30(26,27)19-8-5-4-6-9-19/h3-11,16H,12-15,17H2,1-2H3. The molecule has 8 heteroatoms. The molecular formula is C22H26N2O5S. The van der Waals surface area contributed by atoms with Gasteiger partial charge in [-0.15, -0.1) is 0 Å². The molecule has 0 aromatic heterocycles. The van der Waals surface area contributed by atoms with Crippen LogP contribution in [0.3, 0.4) is 0 Å². The topological polar surface area (TPSA) is 76.2 Å². The molecule has 1 heterocycles. The van der Waals surface area contributed by atoms with Gasteiger partial charge in [-0.25, -0.2) is 8.42 Å². The van der Waals surface area contributed by atoms with Crippen molar-refractivity contribution in [3.8, 4) is 11.5 Å². The molecule has 0 unspecified atom stereocenters. The van der Waals surface area contributed by atoms with Gasteiger partial charge in [0, 0.05) is 26.2 Å². The second-order valence-electron chi connectivity index (χ2n) is 6.80. The number of hydrogen-bond acceptors (Lipinski definition) is 5. The smallest absolute Gasteiger partial charge is 0.260 e. The highest BCUT2D eigenvalue weighted by Crippen LogP contribution is 2.28. The highest BCUT2D eigenvalue weighted by Gasteiger charge is 2.30. The molecule has 0 spiro atoms. The number of methoxy groups -OCH3 is 1. The van der Waals surface area contributed by atoms with E-state index in [4.69, 9.17) is 9.47 Å². The van der Waals surface area contributed by atoms with Gasteiger partial charge in [-0.3, -0.25) is 4.79 Å². The number of ether oxygens (including phenoxy) is 2. The fourth-order valence-corrected chi connectivity index (χ4v) is 4.69. The number of nitrogens with zero attached hydrogens (tertiary/aromatic N) is 2. The number of rotatable bonds is 7. The van der Waals surface area contributed by atoms with E-state index in [0.29, 0.717) is 24.6 Å². The third-order valence-electron chi connectivity index (χ3n) is 4.87. The molecule has 2 aromatic carbocycles. The molecule has 30 heavy (non-hydrogen) atoms. The normalized spacial score (nSPS) is 15.3. The minimum Gasteiger partial charge on any atom is -0.493 e. The van der Waals surface area contributed by atoms with Crippen LogP contribution < -0.4 is 9.47 Å². The van der Waals surface area contributed by atoms with E-state index in [0.717, 1.165) is 5.56 Å². The molecule has 0 radical (unpaired) electrons. The highest BCUT2D eigenvalue weighted by atomic mass is 32.2. The van der Waals surface area contributed by atoms with Gasteiger partial charge in [0.15, 0.2) is 18.1 Å². The molecule has 1 fully saturated rings. The van der Waals surface area contributed by atoms with E-state index in [1.54, 1.807) is 48.4 Å². The Balaban J connectivity index is 1.56. The first-order chi connectivity index (χ1) is 14.5. The van der Waals surface area contributed by atoms with Crippen molar-refractivity contribution in [1.82, 2.24) is 9.21 Å². The predicted molar refractivity (Wildman–Crippen MR) is 115 cm³/mol. The number of hydrogen-bond donors (Lipinski definition) is 0. The lowest BCUT2D eigenvalue weighted by Gasteiger charge is -2.34. The van der Waals surface area contributed by atoms with Crippen LogP contribution in [-0.4, -0.2) is 63.4 Å². The van der Waals surface area contributed by atoms with E-state index in [9.17, 15) is 13.2 Å². The monoisotopic (exact) mass is 430 g/mol. The molecule has 160 valence electrons. The third-order valence-corrected chi connectivity index (χ3v) is 6.78. The van der Waals surface area contributed by atoms with Crippen molar-refractivity contribution in [2.45, 2.75) is 11.8 Å². The van der Waals surface area contributed by atoms with Gasteiger partial charge in [0.05, 0.1) is 12.0 Å². The zero-order chi connectivity index (χ0) is 21.6. The first-order valence-corrected chi connectivity index (χ1v) is 11.2. The Hall–Kier alpha value is -2.84. The van der Waals surface area contributed by atoms with Crippen LogP contribution in [0.4, 0.5) is 0 Å². The molecule has 7 nitrogen and oxygen atoms in total. The van der Waals surface area contributed by atoms with E-state index >= 15 is 0 Å². The van der Waals surface area contributed by atoms with Crippen LogP contribution in [0, 0.1) is 0 Å². The number of piperazine rings is 1. The molecule has 1 aliphatic rings. The Morgan fingerprint density at radius 3 is 2.37 bits per heavy atom. The van der Waals surface area contributed by atoms with E-state index in [-0.39, 0.29) is 30.5 Å². The van der Waals surface area contributed by atoms with Crippen LogP contribution in [0.2, 0.25) is 0 Å². The Bertz CT molecular complexity index is 997. The molecule has 0 bridgehead atoms. The number of allylic oxidation sites excluding steroid dienone is 1. The number of carbonyl (C=O) groups is 1. The zero-order valence-electron chi connectivity index (χ0n) is 17.2. The SMILES string of the molecule is CC=Cc1ccc(OCC(=O)N2CCN(S(=O)(=O)c3ccccc3)CC2)c(OC)c1. The Morgan fingerprint density at radius 1 is 1.03 bits per heavy atom. The molecular weight excluding hydrogens is 404 g/mol. The van der Waals surface area contributed by atoms with Gasteiger partial charge >= 0.3 is 0 Å². The van der Waals surface area contributed by atoms with Gasteiger partial charge in [-0.2, -0.15) is 4.31 Å². The second-order valence-corrected chi connectivity index (χ2v) is 8.73. The van der Waals surface area contributed by atoms with Gasteiger partial charge in [-0.05, 0) is 36.8 Å². The minimum atomic E-state index is -3.54. The summed E-state index contributed by atoms with van der Waals surface area (Å²) in [7, 11) is -1.99. The lowest BCUT2D eigenvalue weighted by molar-refractivity contribution is -0.134. The summed E-state index contributed by atoms with van der Waals surface area (Å²) in [5.74, 6) is 0.855. The molecule has 1 amide bonds. The largest absolute Gasteiger partial charge is 0.493 e. The maximum absolute atomic E-state index is 12.7. The quantitative estimate of drug-likeness (QED) is 0.675. The van der Waals surface area contributed by atoms with Crippen LogP contribution in [-0.2, 0) is 14.8 Å². The van der Waals surface area contributed by atoms with Crippen molar-refractivity contribution >= 4 is 22.0 Å². The average Bonchev–Trinajstić information content (AvgIpc) is 2.78. The van der Waals surface area contributed by atoms with Gasteiger partial charge in [0.25, 0.3) is 5.91 Å². The maximum Gasteiger partial charge on any atom is 0.260 e. The van der Waals surface area contributed by atoms with Crippen LogP contribution >= 0.6 is 0 Å². The first kappa shape index (κ1) is 21.9.